The van der Waals surface area contributed by atoms with Crippen LogP contribution in [0.4, 0.5) is 5.82 Å². The molecule has 2 N–H and O–H groups in total. The van der Waals surface area contributed by atoms with Gasteiger partial charge in [-0.15, -0.1) is 0 Å². The molecule has 0 unspecified atom stereocenters. The summed E-state index contributed by atoms with van der Waals surface area (Å²) in [5.74, 6) is 0.841. The number of likely N-dealkylation sites (N-methyl/N-ethyl adjacent to an activating group) is 1. The van der Waals surface area contributed by atoms with Crippen molar-refractivity contribution in [2.75, 3.05) is 25.0 Å². The van der Waals surface area contributed by atoms with E-state index in [2.05, 4.69) is 43.5 Å². The number of nitrogens with zero attached hydrogens (tertiary/aromatic N) is 2. The molecule has 0 spiro atoms. The van der Waals surface area contributed by atoms with Crippen LogP contribution in [0.15, 0.2) is 17.0 Å². The Balaban J connectivity index is 2.32. The fourth-order valence-corrected chi connectivity index (χ4v) is 1.25. The maximum atomic E-state index is 4.08. The quantitative estimate of drug-likeness (QED) is 0.767. The van der Waals surface area contributed by atoms with E-state index in [9.17, 15) is 0 Å². The van der Waals surface area contributed by atoms with Gasteiger partial charge in [0.25, 0.3) is 0 Å². The van der Waals surface area contributed by atoms with Crippen molar-refractivity contribution >= 4 is 21.7 Å². The van der Waals surface area contributed by atoms with Crippen molar-refractivity contribution in [1.29, 1.82) is 0 Å². The maximum absolute atomic E-state index is 4.08. The van der Waals surface area contributed by atoms with E-state index in [4.69, 9.17) is 0 Å². The molecule has 13 heavy (non-hydrogen) atoms. The van der Waals surface area contributed by atoms with Crippen molar-refractivity contribution < 1.29 is 0 Å². The molecule has 1 aromatic heterocycles. The average molecular weight is 245 g/mol. The van der Waals surface area contributed by atoms with Crippen molar-refractivity contribution in [3.8, 4) is 0 Å². The van der Waals surface area contributed by atoms with Gasteiger partial charge in [-0.25, -0.2) is 9.97 Å². The Hall–Kier alpha value is -0.680. The van der Waals surface area contributed by atoms with Crippen LogP contribution in [0, 0.1) is 0 Å². The van der Waals surface area contributed by atoms with Crippen LogP contribution in [-0.4, -0.2) is 29.6 Å². The van der Waals surface area contributed by atoms with Crippen molar-refractivity contribution in [3.63, 3.8) is 0 Å². The van der Waals surface area contributed by atoms with Crippen molar-refractivity contribution in [1.82, 2.24) is 15.3 Å². The van der Waals surface area contributed by atoms with Gasteiger partial charge in [0.05, 0.1) is 4.47 Å². The van der Waals surface area contributed by atoms with E-state index in [1.807, 2.05) is 0 Å². The molecular weight excluding hydrogens is 232 g/mol. The van der Waals surface area contributed by atoms with Gasteiger partial charge in [-0.05, 0) is 22.5 Å². The first kappa shape index (κ1) is 10.4. The number of rotatable bonds is 5. The maximum Gasteiger partial charge on any atom is 0.143 e. The summed E-state index contributed by atoms with van der Waals surface area (Å²) >= 11 is 3.36. The molecule has 0 saturated carbocycles. The molecule has 0 fully saturated rings. The first-order chi connectivity index (χ1) is 6.34. The van der Waals surface area contributed by atoms with Crippen molar-refractivity contribution in [2.45, 2.75) is 6.92 Å². The zero-order valence-corrected chi connectivity index (χ0v) is 9.13. The normalized spacial score (nSPS) is 10.0. The SMILES string of the molecule is CCNCCNc1ncncc1Br. The second-order valence-corrected chi connectivity index (χ2v) is 3.35. The molecule has 0 aromatic carbocycles. The Bertz CT molecular complexity index is 254. The van der Waals surface area contributed by atoms with Crippen LogP contribution in [0.25, 0.3) is 0 Å². The second-order valence-electron chi connectivity index (χ2n) is 2.50. The fourth-order valence-electron chi connectivity index (χ4n) is 0.889. The van der Waals surface area contributed by atoms with E-state index in [0.29, 0.717) is 0 Å². The summed E-state index contributed by atoms with van der Waals surface area (Å²) < 4.78 is 0.895. The number of hydrogen-bond acceptors (Lipinski definition) is 4. The average Bonchev–Trinajstić information content (AvgIpc) is 2.15. The lowest BCUT2D eigenvalue weighted by molar-refractivity contribution is 0.737. The molecule has 1 rings (SSSR count). The van der Waals surface area contributed by atoms with E-state index in [1.165, 1.54) is 6.33 Å². The molecule has 1 aromatic rings. The third-order valence-corrected chi connectivity index (χ3v) is 2.09. The van der Waals surface area contributed by atoms with Crippen LogP contribution in [-0.2, 0) is 0 Å². The molecule has 4 nitrogen and oxygen atoms in total. The Morgan fingerprint density at radius 2 is 2.31 bits per heavy atom. The van der Waals surface area contributed by atoms with Gasteiger partial charge in [-0.2, -0.15) is 0 Å². The van der Waals surface area contributed by atoms with Crippen molar-refractivity contribution in [3.05, 3.63) is 17.0 Å². The lowest BCUT2D eigenvalue weighted by atomic mass is 10.5. The Kier molecular flexibility index (Phi) is 4.70. The summed E-state index contributed by atoms with van der Waals surface area (Å²) in [6.45, 7) is 4.88. The number of hydrogen-bond donors (Lipinski definition) is 2. The molecule has 0 radical (unpaired) electrons. The van der Waals surface area contributed by atoms with E-state index in [0.717, 1.165) is 29.9 Å². The first-order valence-electron chi connectivity index (χ1n) is 4.24. The smallest absolute Gasteiger partial charge is 0.143 e. The molecule has 72 valence electrons. The molecule has 1 heterocycles. The molecule has 5 heteroatoms. The molecule has 0 amide bonds. The molecule has 0 bridgehead atoms. The summed E-state index contributed by atoms with van der Waals surface area (Å²) in [5.41, 5.74) is 0. The summed E-state index contributed by atoms with van der Waals surface area (Å²) in [4.78, 5) is 7.95. The zero-order chi connectivity index (χ0) is 9.52. The molecule has 0 aliphatic carbocycles. The Morgan fingerprint density at radius 1 is 1.46 bits per heavy atom. The highest BCUT2D eigenvalue weighted by molar-refractivity contribution is 9.10. The number of aromatic nitrogens is 2. The minimum atomic E-state index is 0.841. The second kappa shape index (κ2) is 5.88. The third kappa shape index (κ3) is 3.69. The highest BCUT2D eigenvalue weighted by Crippen LogP contribution is 2.16. The highest BCUT2D eigenvalue weighted by Gasteiger charge is 1.97. The number of halogens is 1. The van der Waals surface area contributed by atoms with E-state index >= 15 is 0 Å². The topological polar surface area (TPSA) is 49.8 Å². The van der Waals surface area contributed by atoms with Gasteiger partial charge in [-0.3, -0.25) is 0 Å². The standard InChI is InChI=1S/C8H13BrN4/c1-2-10-3-4-12-8-7(9)5-11-6-13-8/h5-6,10H,2-4H2,1H3,(H,11,12,13). The fraction of sp³-hybridized carbons (Fsp3) is 0.500. The minimum Gasteiger partial charge on any atom is -0.368 e. The largest absolute Gasteiger partial charge is 0.368 e. The molecular formula is C8H13BrN4. The summed E-state index contributed by atoms with van der Waals surface area (Å²) in [6.07, 6.45) is 3.25. The zero-order valence-electron chi connectivity index (χ0n) is 7.55. The van der Waals surface area contributed by atoms with Gasteiger partial charge in [-0.1, -0.05) is 6.92 Å². The minimum absolute atomic E-state index is 0.841. The van der Waals surface area contributed by atoms with Gasteiger partial charge in [0.2, 0.25) is 0 Å². The molecule has 0 saturated heterocycles. The molecule has 0 aliphatic heterocycles. The third-order valence-electron chi connectivity index (χ3n) is 1.51. The predicted molar refractivity (Wildman–Crippen MR) is 56.8 cm³/mol. The lowest BCUT2D eigenvalue weighted by Crippen LogP contribution is -2.22. The Morgan fingerprint density at radius 3 is 3.00 bits per heavy atom. The number of anilines is 1. The van der Waals surface area contributed by atoms with Crippen LogP contribution in [0.3, 0.4) is 0 Å². The summed E-state index contributed by atoms with van der Waals surface area (Å²) in [6, 6.07) is 0. The van der Waals surface area contributed by atoms with Crippen LogP contribution in [0.5, 0.6) is 0 Å². The van der Waals surface area contributed by atoms with Crippen LogP contribution in [0.1, 0.15) is 6.92 Å². The van der Waals surface area contributed by atoms with Gasteiger partial charge in [0.1, 0.15) is 12.1 Å². The van der Waals surface area contributed by atoms with Crippen LogP contribution >= 0.6 is 15.9 Å². The van der Waals surface area contributed by atoms with E-state index in [1.54, 1.807) is 6.20 Å². The summed E-state index contributed by atoms with van der Waals surface area (Å²) in [7, 11) is 0. The van der Waals surface area contributed by atoms with E-state index in [-0.39, 0.29) is 0 Å². The Labute approximate surface area is 86.3 Å². The van der Waals surface area contributed by atoms with Crippen molar-refractivity contribution in [2.24, 2.45) is 0 Å². The van der Waals surface area contributed by atoms with Gasteiger partial charge in [0, 0.05) is 19.3 Å². The van der Waals surface area contributed by atoms with Gasteiger partial charge >= 0.3 is 0 Å². The molecule has 0 atom stereocenters. The van der Waals surface area contributed by atoms with Crippen LogP contribution < -0.4 is 10.6 Å². The van der Waals surface area contributed by atoms with E-state index < -0.39 is 0 Å². The monoisotopic (exact) mass is 244 g/mol. The molecule has 0 aliphatic rings. The van der Waals surface area contributed by atoms with Gasteiger partial charge < -0.3 is 10.6 Å². The summed E-state index contributed by atoms with van der Waals surface area (Å²) in [5, 5.41) is 6.40. The van der Waals surface area contributed by atoms with Gasteiger partial charge in [0.15, 0.2) is 0 Å². The predicted octanol–water partition coefficient (Wildman–Crippen LogP) is 1.26. The highest BCUT2D eigenvalue weighted by atomic mass is 79.9. The first-order valence-corrected chi connectivity index (χ1v) is 5.04. The van der Waals surface area contributed by atoms with Crippen LogP contribution in [0.2, 0.25) is 0 Å². The lowest BCUT2D eigenvalue weighted by Gasteiger charge is -2.06. The number of nitrogens with one attached hydrogen (secondary N) is 2.